The van der Waals surface area contributed by atoms with Crippen molar-refractivity contribution in [1.29, 1.82) is 0 Å². The Kier molecular flexibility index (Phi) is 13.3. The number of amides is 3. The number of hydrogen-bond acceptors (Lipinski definition) is 5. The minimum Gasteiger partial charge on any atom is -0.377 e. The molecule has 0 aromatic carbocycles. The third-order valence-electron chi connectivity index (χ3n) is 2.47. The van der Waals surface area contributed by atoms with E-state index in [-0.39, 0.29) is 24.7 Å². The molecule has 23 heavy (non-hydrogen) atoms. The molecule has 0 aromatic rings. The molecule has 0 aliphatic rings. The Morgan fingerprint density at radius 2 is 1.57 bits per heavy atom. The summed E-state index contributed by atoms with van der Waals surface area (Å²) >= 11 is 0. The van der Waals surface area contributed by atoms with E-state index in [9.17, 15) is 14.4 Å². The van der Waals surface area contributed by atoms with E-state index < -0.39 is 5.91 Å². The standard InChI is InChI=1S/C15H25N3O5/c1-2-3-4-14(20)17-7-9-22-11-12-23-10-8-18-15(21)6-5-13(16)19/h2-4H,1,5-12H2,(H2,16,19)(H,17,20)(H,18,21). The zero-order valence-electron chi connectivity index (χ0n) is 13.2. The Hall–Kier alpha value is -2.19. The Morgan fingerprint density at radius 3 is 2.13 bits per heavy atom. The van der Waals surface area contributed by atoms with Crippen molar-refractivity contribution in [3.8, 4) is 0 Å². The number of carbonyl (C=O) groups excluding carboxylic acids is 3. The molecule has 0 bridgehead atoms. The fourth-order valence-electron chi connectivity index (χ4n) is 1.37. The minimum atomic E-state index is -0.499. The first-order valence-corrected chi connectivity index (χ1v) is 7.33. The number of primary amides is 1. The van der Waals surface area contributed by atoms with Gasteiger partial charge in [-0.1, -0.05) is 18.7 Å². The first-order valence-electron chi connectivity index (χ1n) is 7.33. The van der Waals surface area contributed by atoms with Crippen LogP contribution in [0.3, 0.4) is 0 Å². The van der Waals surface area contributed by atoms with Gasteiger partial charge < -0.3 is 25.8 Å². The number of hydrogen-bond donors (Lipinski definition) is 3. The highest BCUT2D eigenvalue weighted by molar-refractivity contribution is 5.87. The van der Waals surface area contributed by atoms with E-state index in [1.54, 1.807) is 6.08 Å². The molecule has 0 fully saturated rings. The van der Waals surface area contributed by atoms with Crippen LogP contribution in [0.5, 0.6) is 0 Å². The van der Waals surface area contributed by atoms with E-state index in [0.717, 1.165) is 0 Å². The van der Waals surface area contributed by atoms with E-state index >= 15 is 0 Å². The molecular weight excluding hydrogens is 302 g/mol. The highest BCUT2D eigenvalue weighted by Crippen LogP contribution is 1.86. The summed E-state index contributed by atoms with van der Waals surface area (Å²) < 4.78 is 10.5. The van der Waals surface area contributed by atoms with Crippen LogP contribution in [0.25, 0.3) is 0 Å². The van der Waals surface area contributed by atoms with Gasteiger partial charge in [-0.05, 0) is 0 Å². The van der Waals surface area contributed by atoms with Crippen molar-refractivity contribution < 1.29 is 23.9 Å². The zero-order chi connectivity index (χ0) is 17.3. The second-order valence-corrected chi connectivity index (χ2v) is 4.43. The van der Waals surface area contributed by atoms with Crippen LogP contribution in [0.1, 0.15) is 12.8 Å². The van der Waals surface area contributed by atoms with Gasteiger partial charge >= 0.3 is 0 Å². The number of nitrogens with one attached hydrogen (secondary N) is 2. The number of allylic oxidation sites excluding steroid dienone is 2. The Balaban J connectivity index is 3.29. The summed E-state index contributed by atoms with van der Waals surface area (Å²) in [7, 11) is 0. The van der Waals surface area contributed by atoms with Crippen molar-refractivity contribution in [2.45, 2.75) is 12.8 Å². The Morgan fingerprint density at radius 1 is 0.957 bits per heavy atom. The molecule has 3 amide bonds. The fourth-order valence-corrected chi connectivity index (χ4v) is 1.37. The van der Waals surface area contributed by atoms with Gasteiger partial charge in [-0.15, -0.1) is 0 Å². The first kappa shape index (κ1) is 20.8. The van der Waals surface area contributed by atoms with Gasteiger partial charge in [0, 0.05) is 32.0 Å². The van der Waals surface area contributed by atoms with Gasteiger partial charge in [-0.25, -0.2) is 0 Å². The van der Waals surface area contributed by atoms with E-state index in [1.165, 1.54) is 12.2 Å². The molecule has 0 heterocycles. The molecule has 130 valence electrons. The van der Waals surface area contributed by atoms with Gasteiger partial charge in [-0.3, -0.25) is 14.4 Å². The SMILES string of the molecule is C=CC=CC(=O)NCCOCCOCCNC(=O)CCC(N)=O. The van der Waals surface area contributed by atoms with Crippen molar-refractivity contribution in [2.24, 2.45) is 5.73 Å². The van der Waals surface area contributed by atoms with Crippen molar-refractivity contribution in [3.05, 3.63) is 24.8 Å². The zero-order valence-corrected chi connectivity index (χ0v) is 13.2. The second kappa shape index (κ2) is 14.7. The average Bonchev–Trinajstić information content (AvgIpc) is 2.52. The fraction of sp³-hybridized carbons (Fsp3) is 0.533. The lowest BCUT2D eigenvalue weighted by atomic mass is 10.3. The monoisotopic (exact) mass is 327 g/mol. The van der Waals surface area contributed by atoms with Gasteiger partial charge in [-0.2, -0.15) is 0 Å². The molecule has 0 aromatic heterocycles. The van der Waals surface area contributed by atoms with Crippen molar-refractivity contribution in [1.82, 2.24) is 10.6 Å². The summed E-state index contributed by atoms with van der Waals surface area (Å²) in [6.07, 6.45) is 4.59. The van der Waals surface area contributed by atoms with Crippen molar-refractivity contribution in [3.63, 3.8) is 0 Å². The van der Waals surface area contributed by atoms with Crippen LogP contribution in [0.2, 0.25) is 0 Å². The lowest BCUT2D eigenvalue weighted by molar-refractivity contribution is -0.125. The topological polar surface area (TPSA) is 120 Å². The predicted octanol–water partition coefficient (Wildman–Crippen LogP) is -0.740. The molecule has 8 heteroatoms. The normalized spacial score (nSPS) is 10.4. The van der Waals surface area contributed by atoms with Gasteiger partial charge in [0.25, 0.3) is 0 Å². The van der Waals surface area contributed by atoms with Crippen LogP contribution >= 0.6 is 0 Å². The average molecular weight is 327 g/mol. The van der Waals surface area contributed by atoms with Crippen LogP contribution in [-0.4, -0.2) is 57.2 Å². The molecule has 0 unspecified atom stereocenters. The van der Waals surface area contributed by atoms with Crippen LogP contribution in [-0.2, 0) is 23.9 Å². The quantitative estimate of drug-likeness (QED) is 0.220. The van der Waals surface area contributed by atoms with E-state index in [4.69, 9.17) is 15.2 Å². The van der Waals surface area contributed by atoms with Gasteiger partial charge in [0.15, 0.2) is 0 Å². The summed E-state index contributed by atoms with van der Waals surface area (Å²) in [6, 6.07) is 0. The molecule has 0 radical (unpaired) electrons. The molecule has 0 rings (SSSR count). The molecule has 0 saturated heterocycles. The second-order valence-electron chi connectivity index (χ2n) is 4.43. The van der Waals surface area contributed by atoms with Crippen LogP contribution in [0, 0.1) is 0 Å². The molecule has 0 spiro atoms. The minimum absolute atomic E-state index is 0.0421. The lowest BCUT2D eigenvalue weighted by Crippen LogP contribution is -2.28. The summed E-state index contributed by atoms with van der Waals surface area (Å²) in [4.78, 5) is 32.9. The smallest absolute Gasteiger partial charge is 0.244 e. The van der Waals surface area contributed by atoms with Crippen LogP contribution in [0.15, 0.2) is 24.8 Å². The molecule has 4 N–H and O–H groups in total. The van der Waals surface area contributed by atoms with Crippen molar-refractivity contribution >= 4 is 17.7 Å². The predicted molar refractivity (Wildman–Crippen MR) is 85.4 cm³/mol. The number of ether oxygens (including phenoxy) is 2. The largest absolute Gasteiger partial charge is 0.377 e. The maximum absolute atomic E-state index is 11.2. The molecule has 0 aliphatic carbocycles. The Bertz CT molecular complexity index is 410. The molecule has 0 atom stereocenters. The Labute approximate surface area is 136 Å². The summed E-state index contributed by atoms with van der Waals surface area (Å²) in [5.74, 6) is -0.928. The maximum atomic E-state index is 11.2. The number of rotatable bonds is 14. The van der Waals surface area contributed by atoms with Gasteiger partial charge in [0.05, 0.1) is 26.4 Å². The van der Waals surface area contributed by atoms with Crippen LogP contribution in [0.4, 0.5) is 0 Å². The van der Waals surface area contributed by atoms with E-state index in [1.807, 2.05) is 0 Å². The molecular formula is C15H25N3O5. The highest BCUT2D eigenvalue weighted by atomic mass is 16.5. The molecule has 8 nitrogen and oxygen atoms in total. The van der Waals surface area contributed by atoms with Crippen LogP contribution < -0.4 is 16.4 Å². The lowest BCUT2D eigenvalue weighted by Gasteiger charge is -2.07. The molecule has 0 aliphatic heterocycles. The summed E-state index contributed by atoms with van der Waals surface area (Å²) in [5.41, 5.74) is 4.94. The summed E-state index contributed by atoms with van der Waals surface area (Å²) in [5, 5.41) is 5.25. The number of carbonyl (C=O) groups is 3. The third kappa shape index (κ3) is 16.0. The summed E-state index contributed by atoms with van der Waals surface area (Å²) in [6.45, 7) is 5.77. The van der Waals surface area contributed by atoms with E-state index in [0.29, 0.717) is 39.5 Å². The van der Waals surface area contributed by atoms with Gasteiger partial charge in [0.2, 0.25) is 17.7 Å². The maximum Gasteiger partial charge on any atom is 0.244 e. The number of nitrogens with two attached hydrogens (primary N) is 1. The van der Waals surface area contributed by atoms with Crippen molar-refractivity contribution in [2.75, 3.05) is 39.5 Å². The third-order valence-corrected chi connectivity index (χ3v) is 2.47. The first-order chi connectivity index (χ1) is 11.1. The highest BCUT2D eigenvalue weighted by Gasteiger charge is 2.02. The van der Waals surface area contributed by atoms with Gasteiger partial charge in [0.1, 0.15) is 0 Å². The molecule has 0 saturated carbocycles. The van der Waals surface area contributed by atoms with E-state index in [2.05, 4.69) is 17.2 Å².